The van der Waals surface area contributed by atoms with E-state index in [0.717, 1.165) is 10.5 Å². The quantitative estimate of drug-likeness (QED) is 0.518. The molecule has 0 aromatic heterocycles. The van der Waals surface area contributed by atoms with Gasteiger partial charge < -0.3 is 5.32 Å². The number of anilines is 2. The van der Waals surface area contributed by atoms with Crippen LogP contribution >= 0.6 is 23.2 Å². The Bertz CT molecular complexity index is 1190. The molecule has 0 radical (unpaired) electrons. The summed E-state index contributed by atoms with van der Waals surface area (Å²) in [6, 6.07) is 17.0. The molecule has 3 aromatic carbocycles. The molecule has 4 rings (SSSR count). The zero-order chi connectivity index (χ0) is 21.4. The second-order valence-electron chi connectivity index (χ2n) is 6.77. The maximum absolute atomic E-state index is 13.3. The van der Waals surface area contributed by atoms with Crippen LogP contribution in [-0.2, 0) is 9.59 Å². The molecule has 1 heterocycles. The Balaban J connectivity index is 1.82. The van der Waals surface area contributed by atoms with Crippen molar-refractivity contribution in [3.05, 3.63) is 99.4 Å². The summed E-state index contributed by atoms with van der Waals surface area (Å²) >= 11 is 12.2. The first-order chi connectivity index (χ1) is 14.3. The third-order valence-electron chi connectivity index (χ3n) is 4.74. The summed E-state index contributed by atoms with van der Waals surface area (Å²) in [6.45, 7) is 1.87. The smallest absolute Gasteiger partial charge is 0.282 e. The highest BCUT2D eigenvalue weighted by atomic mass is 35.5. The maximum Gasteiger partial charge on any atom is 0.282 e. The van der Waals surface area contributed by atoms with E-state index in [1.807, 2.05) is 13.0 Å². The normalized spacial score (nSPS) is 13.9. The van der Waals surface area contributed by atoms with Crippen LogP contribution in [0.25, 0.3) is 5.57 Å². The first kappa shape index (κ1) is 20.1. The molecule has 1 aliphatic heterocycles. The number of amides is 2. The fraction of sp³-hybridized carbons (Fsp3) is 0.0435. The molecule has 2 amide bonds. The van der Waals surface area contributed by atoms with Crippen molar-refractivity contribution in [3.8, 4) is 0 Å². The minimum absolute atomic E-state index is 0.103. The van der Waals surface area contributed by atoms with Gasteiger partial charge in [-0.1, -0.05) is 41.4 Å². The van der Waals surface area contributed by atoms with Gasteiger partial charge in [0.1, 0.15) is 11.5 Å². The number of carbonyl (C=O) groups excluding carboxylic acids is 2. The van der Waals surface area contributed by atoms with Crippen LogP contribution in [0.1, 0.15) is 11.1 Å². The molecule has 0 bridgehead atoms. The van der Waals surface area contributed by atoms with Crippen LogP contribution in [0.5, 0.6) is 0 Å². The number of nitrogens with one attached hydrogen (secondary N) is 1. The molecule has 1 N–H and O–H groups in total. The van der Waals surface area contributed by atoms with Gasteiger partial charge in [0.05, 0.1) is 11.3 Å². The predicted octanol–water partition coefficient (Wildman–Crippen LogP) is 5.84. The maximum atomic E-state index is 13.3. The average Bonchev–Trinajstić information content (AvgIpc) is 2.96. The lowest BCUT2D eigenvalue weighted by atomic mass is 10.0. The van der Waals surface area contributed by atoms with Gasteiger partial charge in [-0.25, -0.2) is 9.29 Å². The predicted molar refractivity (Wildman–Crippen MR) is 117 cm³/mol. The van der Waals surface area contributed by atoms with Crippen LogP contribution in [0.3, 0.4) is 0 Å². The third kappa shape index (κ3) is 3.70. The summed E-state index contributed by atoms with van der Waals surface area (Å²) in [5.41, 5.74) is 2.55. The molecule has 0 unspecified atom stereocenters. The number of benzene rings is 3. The minimum atomic E-state index is -0.548. The Morgan fingerprint density at radius 3 is 2.17 bits per heavy atom. The fourth-order valence-electron chi connectivity index (χ4n) is 3.17. The highest BCUT2D eigenvalue weighted by Gasteiger charge is 2.40. The Kier molecular flexibility index (Phi) is 5.33. The molecule has 1 aliphatic rings. The van der Waals surface area contributed by atoms with E-state index in [9.17, 15) is 14.0 Å². The number of rotatable bonds is 4. The number of imide groups is 1. The Morgan fingerprint density at radius 1 is 0.867 bits per heavy atom. The second-order valence-corrected chi connectivity index (χ2v) is 7.61. The van der Waals surface area contributed by atoms with E-state index < -0.39 is 17.6 Å². The summed E-state index contributed by atoms with van der Waals surface area (Å²) in [7, 11) is 0. The molecule has 7 heteroatoms. The van der Waals surface area contributed by atoms with Crippen LogP contribution in [0.2, 0.25) is 10.0 Å². The van der Waals surface area contributed by atoms with E-state index in [1.54, 1.807) is 36.4 Å². The Hall–Kier alpha value is -3.15. The molecule has 0 aliphatic carbocycles. The minimum Gasteiger partial charge on any atom is -0.350 e. The van der Waals surface area contributed by atoms with Gasteiger partial charge in [0.2, 0.25) is 0 Å². The molecular weight excluding hydrogens is 426 g/mol. The molecule has 3 aromatic rings. The first-order valence-electron chi connectivity index (χ1n) is 9.03. The van der Waals surface area contributed by atoms with Crippen molar-refractivity contribution in [2.75, 3.05) is 10.2 Å². The van der Waals surface area contributed by atoms with Crippen molar-refractivity contribution in [1.82, 2.24) is 0 Å². The molecule has 0 spiro atoms. The van der Waals surface area contributed by atoms with E-state index in [0.29, 0.717) is 21.3 Å². The van der Waals surface area contributed by atoms with Crippen molar-refractivity contribution in [3.63, 3.8) is 0 Å². The van der Waals surface area contributed by atoms with Gasteiger partial charge in [-0.15, -0.1) is 0 Å². The largest absolute Gasteiger partial charge is 0.350 e. The van der Waals surface area contributed by atoms with Crippen LogP contribution < -0.4 is 10.2 Å². The van der Waals surface area contributed by atoms with E-state index in [1.165, 1.54) is 24.3 Å². The van der Waals surface area contributed by atoms with E-state index in [2.05, 4.69) is 5.32 Å². The molecule has 0 saturated carbocycles. The number of carbonyl (C=O) groups is 2. The monoisotopic (exact) mass is 440 g/mol. The lowest BCUT2D eigenvalue weighted by Crippen LogP contribution is -2.32. The molecule has 4 nitrogen and oxygen atoms in total. The summed E-state index contributed by atoms with van der Waals surface area (Å²) in [4.78, 5) is 27.5. The molecule has 0 fully saturated rings. The van der Waals surface area contributed by atoms with Crippen molar-refractivity contribution in [2.24, 2.45) is 0 Å². The topological polar surface area (TPSA) is 49.4 Å². The first-order valence-corrected chi connectivity index (χ1v) is 9.78. The van der Waals surface area contributed by atoms with Crippen LogP contribution in [0.15, 0.2) is 72.4 Å². The summed E-state index contributed by atoms with van der Waals surface area (Å²) in [5.74, 6) is -1.53. The van der Waals surface area contributed by atoms with Gasteiger partial charge in [-0.05, 0) is 66.6 Å². The number of hydrogen-bond donors (Lipinski definition) is 1. The zero-order valence-electron chi connectivity index (χ0n) is 15.7. The number of aryl methyl sites for hydroxylation is 1. The molecule has 30 heavy (non-hydrogen) atoms. The highest BCUT2D eigenvalue weighted by molar-refractivity contribution is 6.46. The van der Waals surface area contributed by atoms with E-state index in [4.69, 9.17) is 23.2 Å². The summed E-state index contributed by atoms with van der Waals surface area (Å²) in [6.07, 6.45) is 0. The van der Waals surface area contributed by atoms with Gasteiger partial charge >= 0.3 is 0 Å². The second kappa shape index (κ2) is 7.94. The lowest BCUT2D eigenvalue weighted by Gasteiger charge is -2.15. The van der Waals surface area contributed by atoms with Crippen molar-refractivity contribution < 1.29 is 14.0 Å². The average molecular weight is 441 g/mol. The standard InChI is InChI=1S/C23H15Cl2FN2O2/c1-13-2-9-17(12-19(13)25)27-21-20(14-3-5-15(24)6-4-14)22(29)28(23(21)30)18-10-7-16(26)8-11-18/h2-12,27H,1H3. The van der Waals surface area contributed by atoms with Crippen molar-refractivity contribution in [2.45, 2.75) is 6.92 Å². The molecule has 0 saturated heterocycles. The van der Waals surface area contributed by atoms with Gasteiger partial charge in [-0.3, -0.25) is 9.59 Å². The summed E-state index contributed by atoms with van der Waals surface area (Å²) in [5, 5.41) is 4.07. The van der Waals surface area contributed by atoms with E-state index in [-0.39, 0.29) is 17.0 Å². The SMILES string of the molecule is Cc1ccc(NC2=C(c3ccc(Cl)cc3)C(=O)N(c3ccc(F)cc3)C2=O)cc1Cl. The molecule has 150 valence electrons. The number of halogens is 3. The molecular formula is C23H15Cl2FN2O2. The number of nitrogens with zero attached hydrogens (tertiary/aromatic N) is 1. The van der Waals surface area contributed by atoms with Crippen molar-refractivity contribution in [1.29, 1.82) is 0 Å². The Morgan fingerprint density at radius 2 is 1.53 bits per heavy atom. The number of hydrogen-bond acceptors (Lipinski definition) is 3. The lowest BCUT2D eigenvalue weighted by molar-refractivity contribution is -0.120. The van der Waals surface area contributed by atoms with Gasteiger partial charge in [0.15, 0.2) is 0 Å². The van der Waals surface area contributed by atoms with E-state index >= 15 is 0 Å². The van der Waals surface area contributed by atoms with Gasteiger partial charge in [0, 0.05) is 15.7 Å². The van der Waals surface area contributed by atoms with Gasteiger partial charge in [0.25, 0.3) is 11.8 Å². The third-order valence-corrected chi connectivity index (χ3v) is 5.40. The van der Waals surface area contributed by atoms with Crippen LogP contribution in [0, 0.1) is 12.7 Å². The van der Waals surface area contributed by atoms with Crippen molar-refractivity contribution >= 4 is 52.0 Å². The molecule has 0 atom stereocenters. The van der Waals surface area contributed by atoms with Crippen LogP contribution in [0.4, 0.5) is 15.8 Å². The van der Waals surface area contributed by atoms with Crippen LogP contribution in [-0.4, -0.2) is 11.8 Å². The Labute approximate surface area is 182 Å². The van der Waals surface area contributed by atoms with Gasteiger partial charge in [-0.2, -0.15) is 0 Å². The summed E-state index contributed by atoms with van der Waals surface area (Å²) < 4.78 is 13.3. The highest BCUT2D eigenvalue weighted by Crippen LogP contribution is 2.34. The zero-order valence-corrected chi connectivity index (χ0v) is 17.3. The fourth-order valence-corrected chi connectivity index (χ4v) is 3.48.